The number of hydrogen-bond donors (Lipinski definition) is 0. The van der Waals surface area contributed by atoms with Crippen LogP contribution in [0.15, 0.2) is 75.6 Å². The van der Waals surface area contributed by atoms with Gasteiger partial charge in [0.2, 0.25) is 0 Å². The molecule has 3 aromatic rings. The third-order valence-corrected chi connectivity index (χ3v) is 5.38. The van der Waals surface area contributed by atoms with Crippen molar-refractivity contribution in [3.63, 3.8) is 0 Å². The lowest BCUT2D eigenvalue weighted by Crippen LogP contribution is -2.36. The molecule has 1 fully saturated rings. The predicted molar refractivity (Wildman–Crippen MR) is 115 cm³/mol. The van der Waals surface area contributed by atoms with Gasteiger partial charge in [0, 0.05) is 34.4 Å². The van der Waals surface area contributed by atoms with Crippen LogP contribution in [0.4, 0.5) is 5.69 Å². The Balaban J connectivity index is 1.43. The molecule has 0 aliphatic carbocycles. The second-order valence-corrected chi connectivity index (χ2v) is 7.38. The summed E-state index contributed by atoms with van der Waals surface area (Å²) in [6.45, 7) is 3.25. The van der Waals surface area contributed by atoms with Gasteiger partial charge in [0.25, 0.3) is 0 Å². The topological polar surface area (TPSA) is 42.7 Å². The summed E-state index contributed by atoms with van der Waals surface area (Å²) in [7, 11) is 0. The first-order valence-corrected chi connectivity index (χ1v) is 10.00. The first kappa shape index (κ1) is 18.7. The third-order valence-electron chi connectivity index (χ3n) is 4.69. The Kier molecular flexibility index (Phi) is 5.74. The van der Waals surface area contributed by atoms with Gasteiger partial charge in [-0.15, -0.1) is 0 Å². The smallest absolute Gasteiger partial charge is 0.185 e. The summed E-state index contributed by atoms with van der Waals surface area (Å²) in [5, 5.41) is 0. The molecule has 28 heavy (non-hydrogen) atoms. The van der Waals surface area contributed by atoms with Crippen LogP contribution in [0, 0.1) is 0 Å². The van der Waals surface area contributed by atoms with E-state index in [1.807, 2.05) is 60.7 Å². The number of hydrogen-bond acceptors (Lipinski definition) is 4. The van der Waals surface area contributed by atoms with E-state index >= 15 is 0 Å². The van der Waals surface area contributed by atoms with E-state index in [0.717, 1.165) is 47.8 Å². The lowest BCUT2D eigenvalue weighted by atomic mass is 10.1. The molecule has 142 valence electrons. The van der Waals surface area contributed by atoms with Gasteiger partial charge in [-0.2, -0.15) is 0 Å². The van der Waals surface area contributed by atoms with E-state index in [9.17, 15) is 4.79 Å². The average Bonchev–Trinajstić information content (AvgIpc) is 3.22. The van der Waals surface area contributed by atoms with E-state index < -0.39 is 0 Å². The van der Waals surface area contributed by atoms with Crippen molar-refractivity contribution in [1.29, 1.82) is 0 Å². The minimum atomic E-state index is -0.0487. The Morgan fingerprint density at radius 3 is 2.46 bits per heavy atom. The Labute approximate surface area is 172 Å². The van der Waals surface area contributed by atoms with Crippen LogP contribution >= 0.6 is 15.9 Å². The van der Waals surface area contributed by atoms with E-state index in [1.54, 1.807) is 12.2 Å². The number of ether oxygens (including phenoxy) is 1. The van der Waals surface area contributed by atoms with Crippen LogP contribution in [0.1, 0.15) is 16.1 Å². The monoisotopic (exact) mass is 437 g/mol. The fourth-order valence-electron chi connectivity index (χ4n) is 3.16. The zero-order valence-electron chi connectivity index (χ0n) is 15.3. The molecule has 0 unspecified atom stereocenters. The van der Waals surface area contributed by atoms with Crippen molar-refractivity contribution >= 4 is 33.5 Å². The number of benzene rings is 2. The summed E-state index contributed by atoms with van der Waals surface area (Å²) in [6.07, 6.45) is 3.25. The maximum atomic E-state index is 12.5. The number of ketones is 1. The van der Waals surface area contributed by atoms with Crippen LogP contribution in [0.25, 0.3) is 17.4 Å². The molecule has 0 spiro atoms. The number of allylic oxidation sites excluding steroid dienone is 1. The normalized spacial score (nSPS) is 14.5. The number of nitrogens with zero attached hydrogens (tertiary/aromatic N) is 1. The minimum Gasteiger partial charge on any atom is -0.457 e. The first-order valence-electron chi connectivity index (χ1n) is 9.20. The zero-order chi connectivity index (χ0) is 19.3. The van der Waals surface area contributed by atoms with Gasteiger partial charge in [-0.25, -0.2) is 0 Å². The largest absolute Gasteiger partial charge is 0.457 e. The molecule has 4 nitrogen and oxygen atoms in total. The van der Waals surface area contributed by atoms with E-state index in [1.165, 1.54) is 0 Å². The summed E-state index contributed by atoms with van der Waals surface area (Å²) in [6, 6.07) is 19.4. The van der Waals surface area contributed by atoms with Crippen molar-refractivity contribution in [2.24, 2.45) is 0 Å². The SMILES string of the molecule is O=C(C=Cc1ccc(-c2ccccc2Br)o1)c1ccc(N2CCOCC2)cc1. The molecule has 0 amide bonds. The molecule has 0 radical (unpaired) electrons. The molecule has 0 saturated carbocycles. The number of anilines is 1. The molecule has 1 aliphatic rings. The lowest BCUT2D eigenvalue weighted by molar-refractivity contribution is 0.104. The van der Waals surface area contributed by atoms with Gasteiger partial charge in [0.1, 0.15) is 11.5 Å². The molecule has 2 heterocycles. The van der Waals surface area contributed by atoms with Crippen molar-refractivity contribution < 1.29 is 13.9 Å². The summed E-state index contributed by atoms with van der Waals surface area (Å²) < 4.78 is 12.2. The second kappa shape index (κ2) is 8.59. The van der Waals surface area contributed by atoms with E-state index in [-0.39, 0.29) is 5.78 Å². The fraction of sp³-hybridized carbons (Fsp3) is 0.174. The van der Waals surface area contributed by atoms with Crippen LogP contribution in [0.3, 0.4) is 0 Å². The number of carbonyl (C=O) groups is 1. The second-order valence-electron chi connectivity index (χ2n) is 6.53. The van der Waals surface area contributed by atoms with Crippen LogP contribution in [-0.4, -0.2) is 32.1 Å². The molecule has 1 aliphatic heterocycles. The Morgan fingerprint density at radius 1 is 0.964 bits per heavy atom. The van der Waals surface area contributed by atoms with E-state index in [0.29, 0.717) is 11.3 Å². The Morgan fingerprint density at radius 2 is 1.71 bits per heavy atom. The van der Waals surface area contributed by atoms with Gasteiger partial charge < -0.3 is 14.1 Å². The molecule has 0 N–H and O–H groups in total. The Hall–Kier alpha value is -2.63. The van der Waals surface area contributed by atoms with Crippen LogP contribution in [0.5, 0.6) is 0 Å². The van der Waals surface area contributed by atoms with Gasteiger partial charge in [0.15, 0.2) is 5.78 Å². The number of rotatable bonds is 5. The van der Waals surface area contributed by atoms with Gasteiger partial charge in [-0.05, 0) is 54.6 Å². The third kappa shape index (κ3) is 4.26. The first-order chi connectivity index (χ1) is 13.7. The highest BCUT2D eigenvalue weighted by molar-refractivity contribution is 9.10. The molecule has 0 bridgehead atoms. The average molecular weight is 438 g/mol. The van der Waals surface area contributed by atoms with Crippen molar-refractivity contribution in [1.82, 2.24) is 0 Å². The highest BCUT2D eigenvalue weighted by atomic mass is 79.9. The quantitative estimate of drug-likeness (QED) is 0.393. The van der Waals surface area contributed by atoms with Gasteiger partial charge in [-0.3, -0.25) is 4.79 Å². The summed E-state index contributed by atoms with van der Waals surface area (Å²) in [5.41, 5.74) is 2.76. The Bertz CT molecular complexity index is 985. The molecule has 1 saturated heterocycles. The van der Waals surface area contributed by atoms with Crippen LogP contribution in [0.2, 0.25) is 0 Å². The number of furan rings is 1. The van der Waals surface area contributed by atoms with Crippen molar-refractivity contribution in [2.45, 2.75) is 0 Å². The van der Waals surface area contributed by atoms with E-state index in [4.69, 9.17) is 9.15 Å². The fourth-order valence-corrected chi connectivity index (χ4v) is 3.64. The lowest BCUT2D eigenvalue weighted by Gasteiger charge is -2.28. The highest BCUT2D eigenvalue weighted by Gasteiger charge is 2.12. The zero-order valence-corrected chi connectivity index (χ0v) is 16.9. The number of halogens is 1. The summed E-state index contributed by atoms with van der Waals surface area (Å²) >= 11 is 3.53. The van der Waals surface area contributed by atoms with Crippen molar-refractivity contribution in [3.8, 4) is 11.3 Å². The van der Waals surface area contributed by atoms with E-state index in [2.05, 4.69) is 20.8 Å². The maximum Gasteiger partial charge on any atom is 0.185 e. The van der Waals surface area contributed by atoms with Gasteiger partial charge >= 0.3 is 0 Å². The molecular weight excluding hydrogens is 418 g/mol. The highest BCUT2D eigenvalue weighted by Crippen LogP contribution is 2.29. The van der Waals surface area contributed by atoms with Gasteiger partial charge in [0.05, 0.1) is 13.2 Å². The van der Waals surface area contributed by atoms with Crippen molar-refractivity contribution in [2.75, 3.05) is 31.2 Å². The van der Waals surface area contributed by atoms with Crippen LogP contribution in [-0.2, 0) is 4.74 Å². The molecule has 1 aromatic heterocycles. The summed E-state index contributed by atoms with van der Waals surface area (Å²) in [5.74, 6) is 1.35. The van der Waals surface area contributed by atoms with Crippen molar-refractivity contribution in [3.05, 3.63) is 82.5 Å². The minimum absolute atomic E-state index is 0.0487. The molecular formula is C23H20BrNO3. The molecule has 4 rings (SSSR count). The number of morpholine rings is 1. The molecule has 0 atom stereocenters. The summed E-state index contributed by atoms with van der Waals surface area (Å²) in [4.78, 5) is 14.7. The van der Waals surface area contributed by atoms with Gasteiger partial charge in [-0.1, -0.05) is 34.1 Å². The molecule has 5 heteroatoms. The standard InChI is InChI=1S/C23H20BrNO3/c24-21-4-2-1-3-20(21)23-12-10-19(28-23)9-11-22(26)17-5-7-18(8-6-17)25-13-15-27-16-14-25/h1-12H,13-16H2. The number of carbonyl (C=O) groups excluding carboxylic acids is 1. The molecule has 2 aromatic carbocycles. The van der Waals surface area contributed by atoms with Crippen LogP contribution < -0.4 is 4.90 Å². The predicted octanol–water partition coefficient (Wildman–Crippen LogP) is 5.44. The maximum absolute atomic E-state index is 12.5.